The molecule has 0 amide bonds. The van der Waals surface area contributed by atoms with Gasteiger partial charge in [0.1, 0.15) is 11.5 Å². The first-order chi connectivity index (χ1) is 11.5. The number of hydrogen-bond donors (Lipinski definition) is 0. The quantitative estimate of drug-likeness (QED) is 0.467. The van der Waals surface area contributed by atoms with Gasteiger partial charge in [0.15, 0.2) is 0 Å². The molecule has 0 saturated heterocycles. The van der Waals surface area contributed by atoms with E-state index < -0.39 is 17.4 Å². The molecule has 5 heteroatoms. The monoisotopic (exact) mass is 332 g/mol. The number of carbonyl (C=O) groups excluding carboxylic acids is 2. The number of hydrogen-bond acceptors (Lipinski definition) is 5. The molecule has 0 atom stereocenters. The lowest BCUT2D eigenvalue weighted by atomic mass is 9.76. The van der Waals surface area contributed by atoms with Crippen LogP contribution in [-0.2, 0) is 14.3 Å². The summed E-state index contributed by atoms with van der Waals surface area (Å²) in [4.78, 5) is 24.2. The van der Waals surface area contributed by atoms with Crippen LogP contribution in [0.2, 0.25) is 0 Å². The minimum Gasteiger partial charge on any atom is -0.497 e. The average Bonchev–Trinajstić information content (AvgIpc) is 2.60. The fourth-order valence-electron chi connectivity index (χ4n) is 2.91. The van der Waals surface area contributed by atoms with Crippen LogP contribution in [0.3, 0.4) is 0 Å². The van der Waals surface area contributed by atoms with E-state index in [1.54, 1.807) is 38.5 Å². The average molecular weight is 332 g/mol. The molecule has 1 fully saturated rings. The van der Waals surface area contributed by atoms with Crippen LogP contribution in [0.25, 0.3) is 6.08 Å². The number of rotatable bonds is 5. The summed E-state index contributed by atoms with van der Waals surface area (Å²) in [5, 5.41) is 0. The van der Waals surface area contributed by atoms with Crippen LogP contribution in [0.5, 0.6) is 11.5 Å². The Labute approximate surface area is 142 Å². The summed E-state index contributed by atoms with van der Waals surface area (Å²) in [5.74, 6) is 0.145. The molecule has 0 N–H and O–H groups in total. The molecule has 0 aliphatic heterocycles. The van der Waals surface area contributed by atoms with Gasteiger partial charge in [0.2, 0.25) is 0 Å². The van der Waals surface area contributed by atoms with E-state index in [2.05, 4.69) is 0 Å². The topological polar surface area (TPSA) is 61.8 Å². The third-order valence-electron chi connectivity index (χ3n) is 4.48. The zero-order valence-corrected chi connectivity index (χ0v) is 14.5. The molecule has 0 spiro atoms. The van der Waals surface area contributed by atoms with Gasteiger partial charge < -0.3 is 14.2 Å². The van der Waals surface area contributed by atoms with Crippen molar-refractivity contribution in [1.29, 1.82) is 0 Å². The van der Waals surface area contributed by atoms with Crippen LogP contribution >= 0.6 is 0 Å². The van der Waals surface area contributed by atoms with E-state index in [0.717, 1.165) is 32.1 Å². The SMILES string of the molecule is COc1ccc(OC)c(/C=C/C(=O)OC(=O)C2(C)CCCCC2)c1. The lowest BCUT2D eigenvalue weighted by Gasteiger charge is -2.30. The molecule has 2 rings (SSSR count). The van der Waals surface area contributed by atoms with Crippen molar-refractivity contribution in [2.75, 3.05) is 14.2 Å². The van der Waals surface area contributed by atoms with Crippen molar-refractivity contribution in [3.63, 3.8) is 0 Å². The molecule has 0 heterocycles. The second kappa shape index (κ2) is 7.99. The summed E-state index contributed by atoms with van der Waals surface area (Å²) < 4.78 is 15.4. The fourth-order valence-corrected chi connectivity index (χ4v) is 2.91. The summed E-state index contributed by atoms with van der Waals surface area (Å²) in [6.45, 7) is 1.87. The van der Waals surface area contributed by atoms with Crippen LogP contribution in [0.4, 0.5) is 0 Å². The normalized spacial score (nSPS) is 16.6. The highest BCUT2D eigenvalue weighted by Crippen LogP contribution is 2.36. The molecule has 0 aromatic heterocycles. The van der Waals surface area contributed by atoms with Gasteiger partial charge in [0.25, 0.3) is 0 Å². The molecule has 1 aliphatic rings. The minimum atomic E-state index is -0.670. The summed E-state index contributed by atoms with van der Waals surface area (Å²) in [5.41, 5.74) is 0.125. The molecular formula is C19H24O5. The van der Waals surface area contributed by atoms with Gasteiger partial charge in [-0.05, 0) is 44.0 Å². The Hall–Kier alpha value is -2.30. The second-order valence-electron chi connectivity index (χ2n) is 6.27. The molecule has 0 radical (unpaired) electrons. The highest BCUT2D eigenvalue weighted by Gasteiger charge is 2.37. The lowest BCUT2D eigenvalue weighted by Crippen LogP contribution is -2.33. The van der Waals surface area contributed by atoms with E-state index in [-0.39, 0.29) is 0 Å². The molecule has 1 saturated carbocycles. The number of ether oxygens (including phenoxy) is 3. The zero-order chi connectivity index (χ0) is 17.6. The van der Waals surface area contributed by atoms with Crippen LogP contribution in [0.15, 0.2) is 24.3 Å². The Balaban J connectivity index is 2.04. The molecule has 5 nitrogen and oxygen atoms in total. The first-order valence-electron chi connectivity index (χ1n) is 8.15. The Kier molecular flexibility index (Phi) is 6.01. The van der Waals surface area contributed by atoms with Crippen molar-refractivity contribution in [2.24, 2.45) is 5.41 Å². The van der Waals surface area contributed by atoms with Gasteiger partial charge >= 0.3 is 11.9 Å². The van der Waals surface area contributed by atoms with E-state index in [4.69, 9.17) is 14.2 Å². The van der Waals surface area contributed by atoms with E-state index in [1.165, 1.54) is 6.08 Å². The fraction of sp³-hybridized carbons (Fsp3) is 0.474. The Morgan fingerprint density at radius 2 is 1.79 bits per heavy atom. The zero-order valence-electron chi connectivity index (χ0n) is 14.5. The van der Waals surface area contributed by atoms with E-state index in [9.17, 15) is 9.59 Å². The minimum absolute atomic E-state index is 0.436. The lowest BCUT2D eigenvalue weighted by molar-refractivity contribution is -0.165. The van der Waals surface area contributed by atoms with Crippen LogP contribution in [0.1, 0.15) is 44.6 Å². The molecule has 0 bridgehead atoms. The maximum atomic E-state index is 12.2. The first kappa shape index (κ1) is 18.0. The van der Waals surface area contributed by atoms with Crippen molar-refractivity contribution < 1.29 is 23.8 Å². The maximum absolute atomic E-state index is 12.2. The molecule has 24 heavy (non-hydrogen) atoms. The molecular weight excluding hydrogens is 308 g/mol. The van der Waals surface area contributed by atoms with Crippen LogP contribution < -0.4 is 9.47 Å². The van der Waals surface area contributed by atoms with Crippen molar-refractivity contribution in [2.45, 2.75) is 39.0 Å². The molecule has 0 unspecified atom stereocenters. The molecule has 1 aliphatic carbocycles. The second-order valence-corrected chi connectivity index (χ2v) is 6.27. The largest absolute Gasteiger partial charge is 0.497 e. The summed E-state index contributed by atoms with van der Waals surface area (Å²) in [7, 11) is 3.11. The number of benzene rings is 1. The maximum Gasteiger partial charge on any atom is 0.338 e. The van der Waals surface area contributed by atoms with E-state index >= 15 is 0 Å². The van der Waals surface area contributed by atoms with Gasteiger partial charge in [-0.3, -0.25) is 4.79 Å². The third-order valence-corrected chi connectivity index (χ3v) is 4.48. The van der Waals surface area contributed by atoms with Gasteiger partial charge in [0, 0.05) is 11.6 Å². The Morgan fingerprint density at radius 1 is 1.08 bits per heavy atom. The van der Waals surface area contributed by atoms with Crippen LogP contribution in [-0.4, -0.2) is 26.2 Å². The highest BCUT2D eigenvalue weighted by molar-refractivity contribution is 5.96. The smallest absolute Gasteiger partial charge is 0.338 e. The first-order valence-corrected chi connectivity index (χ1v) is 8.15. The summed E-state index contributed by atoms with van der Waals surface area (Å²) in [6, 6.07) is 5.26. The van der Waals surface area contributed by atoms with Gasteiger partial charge in [-0.15, -0.1) is 0 Å². The number of methoxy groups -OCH3 is 2. The van der Waals surface area contributed by atoms with Gasteiger partial charge in [0.05, 0.1) is 19.6 Å². The van der Waals surface area contributed by atoms with Crippen molar-refractivity contribution in [3.8, 4) is 11.5 Å². The van der Waals surface area contributed by atoms with Gasteiger partial charge in [-0.25, -0.2) is 4.79 Å². The Morgan fingerprint density at radius 3 is 2.42 bits per heavy atom. The molecule has 1 aromatic carbocycles. The molecule has 1 aromatic rings. The predicted molar refractivity (Wildman–Crippen MR) is 90.9 cm³/mol. The van der Waals surface area contributed by atoms with Gasteiger partial charge in [-0.1, -0.05) is 19.3 Å². The summed E-state index contributed by atoms with van der Waals surface area (Å²) >= 11 is 0. The van der Waals surface area contributed by atoms with Crippen LogP contribution in [0, 0.1) is 5.41 Å². The Bertz CT molecular complexity index is 627. The standard InChI is InChI=1S/C19H24O5/c1-19(11-5-4-6-12-19)18(21)24-17(20)10-7-14-13-15(22-2)8-9-16(14)23-3/h7-10,13H,4-6,11-12H2,1-3H3/b10-7+. The van der Waals surface area contributed by atoms with Crippen molar-refractivity contribution in [3.05, 3.63) is 29.8 Å². The highest BCUT2D eigenvalue weighted by atomic mass is 16.6. The predicted octanol–water partition coefficient (Wildman–Crippen LogP) is 3.76. The van der Waals surface area contributed by atoms with Gasteiger partial charge in [-0.2, -0.15) is 0 Å². The van der Waals surface area contributed by atoms with E-state index in [1.807, 2.05) is 6.92 Å². The van der Waals surface area contributed by atoms with Crippen molar-refractivity contribution in [1.82, 2.24) is 0 Å². The molecule has 130 valence electrons. The summed E-state index contributed by atoms with van der Waals surface area (Å²) in [6.07, 6.45) is 7.46. The number of esters is 2. The number of carbonyl (C=O) groups is 2. The van der Waals surface area contributed by atoms with Crippen molar-refractivity contribution >= 4 is 18.0 Å². The van der Waals surface area contributed by atoms with E-state index in [0.29, 0.717) is 17.1 Å². The third kappa shape index (κ3) is 4.37.